The van der Waals surface area contributed by atoms with Gasteiger partial charge < -0.3 is 15.3 Å². The summed E-state index contributed by atoms with van der Waals surface area (Å²) < 4.78 is 0. The number of fused-ring (bicyclic) bond motifs is 1. The predicted octanol–water partition coefficient (Wildman–Crippen LogP) is 2.97. The number of nitro benzene ring substituents is 1. The number of benzene rings is 1. The molecule has 0 amide bonds. The molecule has 2 unspecified atom stereocenters. The van der Waals surface area contributed by atoms with E-state index in [0.29, 0.717) is 23.1 Å². The molecule has 26 heavy (non-hydrogen) atoms. The molecular weight excluding hydrogens is 334 g/mol. The number of ketones is 1. The number of carbonyl (C=O) groups is 1. The fraction of sp³-hybridized carbons (Fsp3) is 0.632. The summed E-state index contributed by atoms with van der Waals surface area (Å²) in [6, 6.07) is 3.13. The maximum Gasteiger partial charge on any atom is 0.293 e. The van der Waals surface area contributed by atoms with Crippen LogP contribution in [0.1, 0.15) is 50.4 Å². The van der Waals surface area contributed by atoms with Gasteiger partial charge in [-0.05, 0) is 57.9 Å². The number of aliphatic hydroxyl groups is 1. The lowest BCUT2D eigenvalue weighted by Crippen LogP contribution is -2.44. The molecule has 2 atom stereocenters. The molecule has 1 aromatic carbocycles. The summed E-state index contributed by atoms with van der Waals surface area (Å²) in [7, 11) is 0. The van der Waals surface area contributed by atoms with E-state index >= 15 is 0 Å². The average Bonchev–Trinajstić information content (AvgIpc) is 3.44. The van der Waals surface area contributed by atoms with Crippen molar-refractivity contribution < 1.29 is 14.8 Å². The van der Waals surface area contributed by atoms with E-state index in [9.17, 15) is 20.0 Å². The Morgan fingerprint density at radius 1 is 1.35 bits per heavy atom. The molecular formula is C19H25N3O4. The highest BCUT2D eigenvalue weighted by Crippen LogP contribution is 2.51. The Kier molecular flexibility index (Phi) is 3.60. The summed E-state index contributed by atoms with van der Waals surface area (Å²) >= 11 is 0. The number of rotatable bonds is 6. The minimum absolute atomic E-state index is 0.112. The Balaban J connectivity index is 1.76. The quantitative estimate of drug-likeness (QED) is 0.460. The number of hydrogen-bond acceptors (Lipinski definition) is 6. The monoisotopic (exact) mass is 359 g/mol. The van der Waals surface area contributed by atoms with Gasteiger partial charge in [0, 0.05) is 24.7 Å². The van der Waals surface area contributed by atoms with Crippen molar-refractivity contribution in [1.82, 2.24) is 0 Å². The molecule has 2 saturated carbocycles. The summed E-state index contributed by atoms with van der Waals surface area (Å²) in [5, 5.41) is 25.3. The van der Waals surface area contributed by atoms with Crippen molar-refractivity contribution in [2.45, 2.75) is 51.2 Å². The van der Waals surface area contributed by atoms with E-state index in [1.807, 2.05) is 0 Å². The normalized spacial score (nSPS) is 25.6. The van der Waals surface area contributed by atoms with Crippen molar-refractivity contribution in [2.75, 3.05) is 23.3 Å². The van der Waals surface area contributed by atoms with Crippen LogP contribution in [0.25, 0.3) is 0 Å². The first-order chi connectivity index (χ1) is 12.1. The van der Waals surface area contributed by atoms with E-state index in [2.05, 4.69) is 10.2 Å². The summed E-state index contributed by atoms with van der Waals surface area (Å²) in [4.78, 5) is 25.5. The Hall–Kier alpha value is -2.15. The standard InChI is InChI=1S/C19H25N3O4/c1-11(23)14-7-17(22(25)26)15(20-19(4-5-19)18(2,3)24)8-16(14)21-9-12-6-13(12)10-21/h7-8,12-13,20,24H,4-6,9-10H2,1-3H3. The number of carbonyl (C=O) groups excluding carboxylic acids is 1. The molecule has 3 fully saturated rings. The van der Waals surface area contributed by atoms with Crippen LogP contribution in [0.3, 0.4) is 0 Å². The third-order valence-corrected chi connectivity index (χ3v) is 6.30. The number of hydrogen-bond donors (Lipinski definition) is 2. The highest BCUT2D eigenvalue weighted by Gasteiger charge is 2.54. The fourth-order valence-electron chi connectivity index (χ4n) is 4.24. The topological polar surface area (TPSA) is 95.7 Å². The van der Waals surface area contributed by atoms with Gasteiger partial charge in [0.05, 0.1) is 21.8 Å². The molecule has 0 bridgehead atoms. The molecule has 0 spiro atoms. The lowest BCUT2D eigenvalue weighted by Gasteiger charge is -2.32. The largest absolute Gasteiger partial charge is 0.388 e. The van der Waals surface area contributed by atoms with E-state index in [1.54, 1.807) is 19.9 Å². The van der Waals surface area contributed by atoms with E-state index in [1.165, 1.54) is 19.4 Å². The maximum absolute atomic E-state index is 12.1. The van der Waals surface area contributed by atoms with Crippen LogP contribution in [-0.4, -0.2) is 40.0 Å². The van der Waals surface area contributed by atoms with Gasteiger partial charge in [-0.2, -0.15) is 0 Å². The minimum atomic E-state index is -0.991. The molecule has 1 aliphatic heterocycles. The zero-order valence-electron chi connectivity index (χ0n) is 15.4. The minimum Gasteiger partial charge on any atom is -0.388 e. The number of anilines is 2. The van der Waals surface area contributed by atoms with Gasteiger partial charge in [-0.3, -0.25) is 14.9 Å². The smallest absolute Gasteiger partial charge is 0.293 e. The lowest BCUT2D eigenvalue weighted by atomic mass is 9.95. The Morgan fingerprint density at radius 2 is 1.96 bits per heavy atom. The van der Waals surface area contributed by atoms with Gasteiger partial charge >= 0.3 is 0 Å². The molecule has 4 rings (SSSR count). The highest BCUT2D eigenvalue weighted by atomic mass is 16.6. The van der Waals surface area contributed by atoms with Crippen LogP contribution in [0.2, 0.25) is 0 Å². The first kappa shape index (κ1) is 17.3. The number of Topliss-reactive ketones (excluding diaryl/α,β-unsaturated/α-hetero) is 1. The Morgan fingerprint density at radius 3 is 2.42 bits per heavy atom. The van der Waals surface area contributed by atoms with E-state index in [-0.39, 0.29) is 11.5 Å². The molecule has 2 N–H and O–H groups in total. The molecule has 1 aromatic rings. The van der Waals surface area contributed by atoms with E-state index in [0.717, 1.165) is 31.6 Å². The van der Waals surface area contributed by atoms with Gasteiger partial charge in [-0.15, -0.1) is 0 Å². The van der Waals surface area contributed by atoms with Crippen LogP contribution in [0.15, 0.2) is 12.1 Å². The molecule has 1 heterocycles. The fourth-order valence-corrected chi connectivity index (χ4v) is 4.24. The number of nitrogens with one attached hydrogen (secondary N) is 1. The predicted molar refractivity (Wildman–Crippen MR) is 98.8 cm³/mol. The molecule has 0 aromatic heterocycles. The van der Waals surface area contributed by atoms with Crippen LogP contribution in [0.4, 0.5) is 17.1 Å². The van der Waals surface area contributed by atoms with Crippen LogP contribution in [0, 0.1) is 22.0 Å². The Labute approximate surface area is 152 Å². The Bertz CT molecular complexity index is 785. The number of nitro groups is 1. The van der Waals surface area contributed by atoms with Crippen molar-refractivity contribution >= 4 is 22.8 Å². The van der Waals surface area contributed by atoms with Crippen LogP contribution in [-0.2, 0) is 0 Å². The van der Waals surface area contributed by atoms with E-state index < -0.39 is 16.1 Å². The summed E-state index contributed by atoms with van der Waals surface area (Å²) in [5.41, 5.74) is -0.106. The third kappa shape index (κ3) is 2.74. The van der Waals surface area contributed by atoms with Crippen molar-refractivity contribution in [3.05, 3.63) is 27.8 Å². The summed E-state index contributed by atoms with van der Waals surface area (Å²) in [6.07, 6.45) is 2.75. The molecule has 7 heteroatoms. The van der Waals surface area contributed by atoms with Gasteiger partial charge in [-0.1, -0.05) is 0 Å². The summed E-state index contributed by atoms with van der Waals surface area (Å²) in [5.74, 6) is 1.21. The van der Waals surface area contributed by atoms with Crippen molar-refractivity contribution in [3.63, 3.8) is 0 Å². The van der Waals surface area contributed by atoms with Gasteiger partial charge in [0.2, 0.25) is 0 Å². The van der Waals surface area contributed by atoms with Crippen molar-refractivity contribution in [1.29, 1.82) is 0 Å². The molecule has 2 aliphatic carbocycles. The van der Waals surface area contributed by atoms with Gasteiger partial charge in [0.25, 0.3) is 5.69 Å². The van der Waals surface area contributed by atoms with Crippen LogP contribution in [0.5, 0.6) is 0 Å². The molecule has 7 nitrogen and oxygen atoms in total. The van der Waals surface area contributed by atoms with Gasteiger partial charge in [0.1, 0.15) is 5.69 Å². The first-order valence-electron chi connectivity index (χ1n) is 9.20. The van der Waals surface area contributed by atoms with E-state index in [4.69, 9.17) is 0 Å². The second-order valence-corrected chi connectivity index (χ2v) is 8.63. The molecule has 3 aliphatic rings. The zero-order chi connectivity index (χ0) is 18.9. The lowest BCUT2D eigenvalue weighted by molar-refractivity contribution is -0.384. The first-order valence-corrected chi connectivity index (χ1v) is 9.20. The molecule has 0 radical (unpaired) electrons. The zero-order valence-corrected chi connectivity index (χ0v) is 15.4. The third-order valence-electron chi connectivity index (χ3n) is 6.30. The van der Waals surface area contributed by atoms with Gasteiger partial charge in [0.15, 0.2) is 5.78 Å². The van der Waals surface area contributed by atoms with Crippen molar-refractivity contribution in [2.24, 2.45) is 11.8 Å². The maximum atomic E-state index is 12.1. The molecule has 140 valence electrons. The van der Waals surface area contributed by atoms with Crippen LogP contribution >= 0.6 is 0 Å². The highest BCUT2D eigenvalue weighted by molar-refractivity contribution is 6.02. The second kappa shape index (κ2) is 5.42. The average molecular weight is 359 g/mol. The van der Waals surface area contributed by atoms with Crippen LogP contribution < -0.4 is 10.2 Å². The van der Waals surface area contributed by atoms with Gasteiger partial charge in [-0.25, -0.2) is 0 Å². The number of piperidine rings is 1. The molecule has 1 saturated heterocycles. The second-order valence-electron chi connectivity index (χ2n) is 8.63. The number of nitrogens with zero attached hydrogens (tertiary/aromatic N) is 2. The summed E-state index contributed by atoms with van der Waals surface area (Å²) in [6.45, 7) is 6.69. The SMILES string of the molecule is CC(=O)c1cc([N+](=O)[O-])c(NC2(C(C)(C)O)CC2)cc1N1CC2CC2C1. The van der Waals surface area contributed by atoms with Crippen molar-refractivity contribution in [3.8, 4) is 0 Å².